The van der Waals surface area contributed by atoms with E-state index in [1.165, 1.54) is 12.1 Å². The zero-order chi connectivity index (χ0) is 14.9. The molecule has 0 saturated heterocycles. The average molecular weight is 278 g/mol. The van der Waals surface area contributed by atoms with Crippen LogP contribution in [0.2, 0.25) is 0 Å². The van der Waals surface area contributed by atoms with Crippen molar-refractivity contribution in [1.29, 1.82) is 0 Å². The molecule has 2 rings (SSSR count). The highest BCUT2D eigenvalue weighted by molar-refractivity contribution is 6.00. The first-order chi connectivity index (χ1) is 9.41. The summed E-state index contributed by atoms with van der Waals surface area (Å²) in [4.78, 5) is 21.3. The number of benzene rings is 2. The number of nitro groups is 1. The lowest BCUT2D eigenvalue weighted by Crippen LogP contribution is -2.13. The van der Waals surface area contributed by atoms with Crippen molar-refractivity contribution in [2.75, 3.05) is 0 Å². The van der Waals surface area contributed by atoms with E-state index in [4.69, 9.17) is 5.73 Å². The number of primary amides is 1. The van der Waals surface area contributed by atoms with Crippen LogP contribution in [0.25, 0.3) is 11.1 Å². The van der Waals surface area contributed by atoms with Gasteiger partial charge in [-0.3, -0.25) is 14.9 Å². The number of nitro benzene ring substituents is 1. The summed E-state index contributed by atoms with van der Waals surface area (Å²) in [5.41, 5.74) is 4.34. The number of non-ortho nitro benzene ring substituents is 1. The van der Waals surface area contributed by atoms with Crippen LogP contribution in [0.5, 0.6) is 0 Å². The Balaban J connectivity index is 2.71. The van der Waals surface area contributed by atoms with Gasteiger partial charge in [0.2, 0.25) is 5.91 Å². The third-order valence-electron chi connectivity index (χ3n) is 2.72. The second-order valence-electron chi connectivity index (χ2n) is 3.95. The topological polar surface area (TPSA) is 86.2 Å². The minimum atomic E-state index is -1.15. The smallest absolute Gasteiger partial charge is 0.270 e. The van der Waals surface area contributed by atoms with E-state index in [0.29, 0.717) is 0 Å². The molecular formula is C13H8F2N2O3. The van der Waals surface area contributed by atoms with Gasteiger partial charge in [-0.05, 0) is 17.7 Å². The Kier molecular flexibility index (Phi) is 3.43. The fourth-order valence-corrected chi connectivity index (χ4v) is 1.80. The monoisotopic (exact) mass is 278 g/mol. The van der Waals surface area contributed by atoms with Crippen LogP contribution in [0.3, 0.4) is 0 Å². The predicted octanol–water partition coefficient (Wildman–Crippen LogP) is 2.64. The summed E-state index contributed by atoms with van der Waals surface area (Å²) in [7, 11) is 0. The molecule has 0 bridgehead atoms. The normalized spacial score (nSPS) is 10.3. The van der Waals surface area contributed by atoms with Gasteiger partial charge in [-0.25, -0.2) is 8.78 Å². The van der Waals surface area contributed by atoms with Crippen molar-refractivity contribution >= 4 is 11.6 Å². The van der Waals surface area contributed by atoms with Gasteiger partial charge >= 0.3 is 0 Å². The van der Waals surface area contributed by atoms with Gasteiger partial charge in [0.15, 0.2) is 11.6 Å². The Labute approximate surface area is 111 Å². The van der Waals surface area contributed by atoms with Crippen molar-refractivity contribution in [2.45, 2.75) is 0 Å². The summed E-state index contributed by atoms with van der Waals surface area (Å²) < 4.78 is 26.9. The van der Waals surface area contributed by atoms with Crippen molar-refractivity contribution in [3.05, 3.63) is 63.7 Å². The number of hydrogen-bond donors (Lipinski definition) is 1. The second kappa shape index (κ2) is 5.04. The maximum Gasteiger partial charge on any atom is 0.270 e. The van der Waals surface area contributed by atoms with E-state index in [-0.39, 0.29) is 22.4 Å². The molecule has 5 nitrogen and oxygen atoms in total. The highest BCUT2D eigenvalue weighted by Crippen LogP contribution is 2.30. The maximum atomic E-state index is 13.7. The fraction of sp³-hybridized carbons (Fsp3) is 0. The summed E-state index contributed by atoms with van der Waals surface area (Å²) in [6.45, 7) is 0. The lowest BCUT2D eigenvalue weighted by molar-refractivity contribution is -0.384. The van der Waals surface area contributed by atoms with E-state index >= 15 is 0 Å². The van der Waals surface area contributed by atoms with E-state index in [2.05, 4.69) is 0 Å². The minimum Gasteiger partial charge on any atom is -0.366 e. The highest BCUT2D eigenvalue weighted by Gasteiger charge is 2.19. The largest absolute Gasteiger partial charge is 0.366 e. The number of amides is 1. The van der Waals surface area contributed by atoms with Crippen LogP contribution in [0.1, 0.15) is 10.4 Å². The molecule has 0 unspecified atom stereocenters. The van der Waals surface area contributed by atoms with E-state index < -0.39 is 22.5 Å². The highest BCUT2D eigenvalue weighted by atomic mass is 19.2. The number of hydrogen-bond acceptors (Lipinski definition) is 3. The Hall–Kier alpha value is -2.83. The molecule has 0 radical (unpaired) electrons. The van der Waals surface area contributed by atoms with Gasteiger partial charge in [0.1, 0.15) is 0 Å². The van der Waals surface area contributed by atoms with Gasteiger partial charge < -0.3 is 5.73 Å². The first-order valence-electron chi connectivity index (χ1n) is 5.44. The summed E-state index contributed by atoms with van der Waals surface area (Å²) in [6.07, 6.45) is 0. The average Bonchev–Trinajstić information content (AvgIpc) is 2.41. The van der Waals surface area contributed by atoms with Gasteiger partial charge in [0, 0.05) is 17.7 Å². The molecule has 102 valence electrons. The van der Waals surface area contributed by atoms with Gasteiger partial charge in [-0.1, -0.05) is 12.1 Å². The molecule has 0 saturated carbocycles. The SMILES string of the molecule is NC(=O)c1cc([N+](=O)[O-])ccc1-c1cccc(F)c1F. The molecule has 0 atom stereocenters. The molecule has 7 heteroatoms. The molecule has 0 fully saturated rings. The lowest BCUT2D eigenvalue weighted by atomic mass is 9.98. The molecule has 0 spiro atoms. The van der Waals surface area contributed by atoms with Crippen LogP contribution < -0.4 is 5.73 Å². The standard InChI is InChI=1S/C13H8F2N2O3/c14-11-3-1-2-9(12(11)15)8-5-4-7(17(19)20)6-10(8)13(16)18/h1-6H,(H2,16,18). The van der Waals surface area contributed by atoms with E-state index in [1.807, 2.05) is 0 Å². The summed E-state index contributed by atoms with van der Waals surface area (Å²) in [5.74, 6) is -3.20. The summed E-state index contributed by atoms with van der Waals surface area (Å²) in [6, 6.07) is 6.63. The number of halogens is 2. The Morgan fingerprint density at radius 3 is 2.45 bits per heavy atom. The lowest BCUT2D eigenvalue weighted by Gasteiger charge is -2.08. The van der Waals surface area contributed by atoms with Gasteiger partial charge in [0.25, 0.3) is 5.69 Å². The summed E-state index contributed by atoms with van der Waals surface area (Å²) in [5, 5.41) is 10.7. The third-order valence-corrected chi connectivity index (χ3v) is 2.72. The van der Waals surface area contributed by atoms with Gasteiger partial charge in [-0.2, -0.15) is 0 Å². The number of rotatable bonds is 3. The predicted molar refractivity (Wildman–Crippen MR) is 67.0 cm³/mol. The Morgan fingerprint density at radius 2 is 1.85 bits per heavy atom. The molecule has 2 aromatic rings. The zero-order valence-electron chi connectivity index (χ0n) is 9.97. The van der Waals surface area contributed by atoms with Crippen LogP contribution in [0.15, 0.2) is 36.4 Å². The summed E-state index contributed by atoms with van der Waals surface area (Å²) >= 11 is 0. The van der Waals surface area contributed by atoms with Crippen LogP contribution in [0.4, 0.5) is 14.5 Å². The first kappa shape index (κ1) is 13.6. The molecule has 2 N–H and O–H groups in total. The first-order valence-corrected chi connectivity index (χ1v) is 5.44. The van der Waals surface area contributed by atoms with Gasteiger partial charge in [-0.15, -0.1) is 0 Å². The van der Waals surface area contributed by atoms with Crippen LogP contribution in [-0.4, -0.2) is 10.8 Å². The number of carbonyl (C=O) groups is 1. The third kappa shape index (κ3) is 2.33. The van der Waals surface area contributed by atoms with Gasteiger partial charge in [0.05, 0.1) is 10.5 Å². The molecule has 0 aromatic heterocycles. The Morgan fingerprint density at radius 1 is 1.15 bits per heavy atom. The molecule has 0 aliphatic heterocycles. The van der Waals surface area contributed by atoms with E-state index in [9.17, 15) is 23.7 Å². The quantitative estimate of drug-likeness (QED) is 0.691. The minimum absolute atomic E-state index is 0.0000926. The van der Waals surface area contributed by atoms with Crippen molar-refractivity contribution in [3.63, 3.8) is 0 Å². The zero-order valence-corrected chi connectivity index (χ0v) is 9.97. The molecule has 0 aliphatic carbocycles. The number of nitrogens with two attached hydrogens (primary N) is 1. The number of nitrogens with zero attached hydrogens (tertiary/aromatic N) is 1. The van der Waals surface area contributed by atoms with Crippen molar-refractivity contribution < 1.29 is 18.5 Å². The molecule has 0 heterocycles. The van der Waals surface area contributed by atoms with Crippen LogP contribution in [-0.2, 0) is 0 Å². The molecule has 20 heavy (non-hydrogen) atoms. The fourth-order valence-electron chi connectivity index (χ4n) is 1.80. The van der Waals surface area contributed by atoms with Crippen molar-refractivity contribution in [2.24, 2.45) is 5.73 Å². The molecule has 0 aliphatic rings. The van der Waals surface area contributed by atoms with E-state index in [0.717, 1.165) is 24.3 Å². The van der Waals surface area contributed by atoms with Crippen LogP contribution >= 0.6 is 0 Å². The van der Waals surface area contributed by atoms with Crippen molar-refractivity contribution in [1.82, 2.24) is 0 Å². The van der Waals surface area contributed by atoms with Crippen LogP contribution in [0, 0.1) is 21.7 Å². The number of carbonyl (C=O) groups excluding carboxylic acids is 1. The molecule has 1 amide bonds. The molecular weight excluding hydrogens is 270 g/mol. The Bertz CT molecular complexity index is 717. The second-order valence-corrected chi connectivity index (χ2v) is 3.95. The van der Waals surface area contributed by atoms with Crippen molar-refractivity contribution in [3.8, 4) is 11.1 Å². The maximum absolute atomic E-state index is 13.7. The van der Waals surface area contributed by atoms with E-state index in [1.54, 1.807) is 0 Å². The molecule has 2 aromatic carbocycles.